The molecule has 2 aromatic carbocycles. The fraction of sp³-hybridized carbons (Fsp3) is 0.125. The zero-order valence-corrected chi connectivity index (χ0v) is 12.9. The monoisotopic (exact) mass is 376 g/mol. The summed E-state index contributed by atoms with van der Waals surface area (Å²) in [6, 6.07) is 18.6. The molecule has 0 saturated carbocycles. The molecule has 0 spiro atoms. The molecule has 100 valence electrons. The number of amides is 1. The summed E-state index contributed by atoms with van der Waals surface area (Å²) in [6.45, 7) is 0. The second-order valence-corrected chi connectivity index (χ2v) is 5.60. The van der Waals surface area contributed by atoms with Crippen LogP contribution in [0.2, 0.25) is 0 Å². The molecule has 0 fully saturated rings. The van der Waals surface area contributed by atoms with E-state index in [4.69, 9.17) is 0 Å². The van der Waals surface area contributed by atoms with Crippen LogP contribution in [0.4, 0.5) is 0 Å². The molecule has 2 rings (SSSR count). The lowest BCUT2D eigenvalue weighted by Gasteiger charge is -2.12. The number of carbonyl (C=O) groups excluding carboxylic acids is 1. The third-order valence-electron chi connectivity index (χ3n) is 2.83. The average Bonchev–Trinajstić information content (AvgIpc) is 2.47. The first-order valence-corrected chi connectivity index (χ1v) is 7.27. The smallest absolute Gasteiger partial charge is 0.252 e. The van der Waals surface area contributed by atoms with Crippen LogP contribution in [-0.4, -0.2) is 11.9 Å². The number of hydrogen-bond donors (Lipinski definition) is 1. The molecule has 0 heterocycles. The molecule has 0 radical (unpaired) electrons. The Morgan fingerprint density at radius 2 is 1.95 bits per heavy atom. The number of benzene rings is 2. The summed E-state index contributed by atoms with van der Waals surface area (Å²) >= 11 is 2.16. The summed E-state index contributed by atoms with van der Waals surface area (Å²) in [5.41, 5.74) is 1.60. The van der Waals surface area contributed by atoms with E-state index in [0.29, 0.717) is 12.0 Å². The molecule has 0 unspecified atom stereocenters. The van der Waals surface area contributed by atoms with Gasteiger partial charge < -0.3 is 5.32 Å². The molecular formula is C16H13IN2O. The maximum Gasteiger partial charge on any atom is 0.252 e. The van der Waals surface area contributed by atoms with Crippen LogP contribution in [0.1, 0.15) is 15.9 Å². The highest BCUT2D eigenvalue weighted by Crippen LogP contribution is 2.09. The second kappa shape index (κ2) is 7.06. The summed E-state index contributed by atoms with van der Waals surface area (Å²) in [5, 5.41) is 11.9. The molecule has 4 heteroatoms. The molecule has 2 aromatic rings. The Kier molecular flexibility index (Phi) is 5.13. The van der Waals surface area contributed by atoms with Gasteiger partial charge in [0.2, 0.25) is 0 Å². The summed E-state index contributed by atoms with van der Waals surface area (Å²) in [4.78, 5) is 12.1. The lowest BCUT2D eigenvalue weighted by Crippen LogP contribution is -2.35. The van der Waals surface area contributed by atoms with Gasteiger partial charge in [0.1, 0.15) is 6.04 Å². The summed E-state index contributed by atoms with van der Waals surface area (Å²) < 4.78 is 0.992. The summed E-state index contributed by atoms with van der Waals surface area (Å²) in [6.07, 6.45) is 0.507. The number of hydrogen-bond acceptors (Lipinski definition) is 2. The number of nitriles is 1. The Morgan fingerprint density at radius 1 is 1.20 bits per heavy atom. The number of rotatable bonds is 4. The lowest BCUT2D eigenvalue weighted by molar-refractivity contribution is 0.0945. The van der Waals surface area contributed by atoms with Gasteiger partial charge in [0.25, 0.3) is 5.91 Å². The van der Waals surface area contributed by atoms with Gasteiger partial charge >= 0.3 is 0 Å². The van der Waals surface area contributed by atoms with E-state index < -0.39 is 6.04 Å². The Balaban J connectivity index is 2.04. The average molecular weight is 376 g/mol. The van der Waals surface area contributed by atoms with Gasteiger partial charge in [-0.25, -0.2) is 0 Å². The fourth-order valence-electron chi connectivity index (χ4n) is 1.85. The molecule has 1 N–H and O–H groups in total. The van der Waals surface area contributed by atoms with Crippen molar-refractivity contribution in [2.24, 2.45) is 0 Å². The Labute approximate surface area is 131 Å². The SMILES string of the molecule is N#C[C@@H](Cc1ccccc1)NC(=O)c1cccc(I)c1. The van der Waals surface area contributed by atoms with Crippen LogP contribution in [0.3, 0.4) is 0 Å². The van der Waals surface area contributed by atoms with E-state index in [9.17, 15) is 10.1 Å². The first-order chi connectivity index (χ1) is 9.69. The van der Waals surface area contributed by atoms with E-state index in [-0.39, 0.29) is 5.91 Å². The predicted molar refractivity (Wildman–Crippen MR) is 86.2 cm³/mol. The molecule has 0 aromatic heterocycles. The van der Waals surface area contributed by atoms with Gasteiger partial charge in [-0.05, 0) is 46.4 Å². The quantitative estimate of drug-likeness (QED) is 0.834. The topological polar surface area (TPSA) is 52.9 Å². The minimum Gasteiger partial charge on any atom is -0.336 e. The molecule has 0 saturated heterocycles. The van der Waals surface area contributed by atoms with Crippen molar-refractivity contribution in [1.29, 1.82) is 5.26 Å². The number of nitrogens with zero attached hydrogens (tertiary/aromatic N) is 1. The second-order valence-electron chi connectivity index (χ2n) is 4.36. The van der Waals surface area contributed by atoms with Crippen molar-refractivity contribution < 1.29 is 4.79 Å². The van der Waals surface area contributed by atoms with Gasteiger partial charge in [-0.15, -0.1) is 0 Å². The van der Waals surface area contributed by atoms with Crippen LogP contribution >= 0.6 is 22.6 Å². The molecule has 1 atom stereocenters. The molecule has 0 aliphatic heterocycles. The van der Waals surface area contributed by atoms with Crippen LogP contribution in [0.15, 0.2) is 54.6 Å². The minimum atomic E-state index is -0.525. The third-order valence-corrected chi connectivity index (χ3v) is 3.50. The highest BCUT2D eigenvalue weighted by atomic mass is 127. The molecule has 0 aliphatic carbocycles. The lowest BCUT2D eigenvalue weighted by atomic mass is 10.1. The zero-order chi connectivity index (χ0) is 14.4. The Bertz CT molecular complexity index is 634. The van der Waals surface area contributed by atoms with Gasteiger partial charge in [0.05, 0.1) is 6.07 Å². The third kappa shape index (κ3) is 4.07. The van der Waals surface area contributed by atoms with Gasteiger partial charge in [-0.2, -0.15) is 5.26 Å². The fourth-order valence-corrected chi connectivity index (χ4v) is 2.39. The van der Waals surface area contributed by atoms with E-state index in [0.717, 1.165) is 9.13 Å². The molecule has 0 bridgehead atoms. The Morgan fingerprint density at radius 3 is 2.60 bits per heavy atom. The largest absolute Gasteiger partial charge is 0.336 e. The van der Waals surface area contributed by atoms with Crippen molar-refractivity contribution >= 4 is 28.5 Å². The van der Waals surface area contributed by atoms with E-state index >= 15 is 0 Å². The van der Waals surface area contributed by atoms with Crippen molar-refractivity contribution in [3.05, 3.63) is 69.3 Å². The summed E-state index contributed by atoms with van der Waals surface area (Å²) in [5.74, 6) is -0.217. The minimum absolute atomic E-state index is 0.217. The van der Waals surface area contributed by atoms with Gasteiger partial charge in [0, 0.05) is 15.6 Å². The van der Waals surface area contributed by atoms with Crippen molar-refractivity contribution in [1.82, 2.24) is 5.32 Å². The Hall–Kier alpha value is -1.87. The molecule has 0 aliphatic rings. The standard InChI is InChI=1S/C16H13IN2O/c17-14-8-4-7-13(10-14)16(20)19-15(11-18)9-12-5-2-1-3-6-12/h1-8,10,15H,9H2,(H,19,20)/t15-/m1/s1. The van der Waals surface area contributed by atoms with E-state index in [1.165, 1.54) is 0 Å². The van der Waals surface area contributed by atoms with Crippen molar-refractivity contribution in [2.75, 3.05) is 0 Å². The highest BCUT2D eigenvalue weighted by molar-refractivity contribution is 14.1. The molecule has 20 heavy (non-hydrogen) atoms. The highest BCUT2D eigenvalue weighted by Gasteiger charge is 2.13. The number of halogens is 1. The van der Waals surface area contributed by atoms with Crippen LogP contribution in [0, 0.1) is 14.9 Å². The summed E-state index contributed by atoms with van der Waals surface area (Å²) in [7, 11) is 0. The zero-order valence-electron chi connectivity index (χ0n) is 10.7. The van der Waals surface area contributed by atoms with Gasteiger partial charge in [0.15, 0.2) is 0 Å². The van der Waals surface area contributed by atoms with Crippen LogP contribution < -0.4 is 5.32 Å². The van der Waals surface area contributed by atoms with Crippen molar-refractivity contribution in [3.8, 4) is 6.07 Å². The van der Waals surface area contributed by atoms with Crippen LogP contribution in [-0.2, 0) is 6.42 Å². The first-order valence-electron chi connectivity index (χ1n) is 6.19. The number of nitrogens with one attached hydrogen (secondary N) is 1. The van der Waals surface area contributed by atoms with Gasteiger partial charge in [-0.3, -0.25) is 4.79 Å². The normalized spacial score (nSPS) is 11.4. The maximum absolute atomic E-state index is 12.1. The maximum atomic E-state index is 12.1. The van der Waals surface area contributed by atoms with E-state index in [1.807, 2.05) is 42.5 Å². The molecular weight excluding hydrogens is 363 g/mol. The van der Waals surface area contributed by atoms with Crippen molar-refractivity contribution in [2.45, 2.75) is 12.5 Å². The number of carbonyl (C=O) groups is 1. The van der Waals surface area contributed by atoms with Gasteiger partial charge in [-0.1, -0.05) is 36.4 Å². The van der Waals surface area contributed by atoms with E-state index in [1.54, 1.807) is 12.1 Å². The predicted octanol–water partition coefficient (Wildman–Crippen LogP) is 3.16. The van der Waals surface area contributed by atoms with E-state index in [2.05, 4.69) is 34.0 Å². The molecule has 1 amide bonds. The van der Waals surface area contributed by atoms with Crippen molar-refractivity contribution in [3.63, 3.8) is 0 Å². The van der Waals surface area contributed by atoms with Crippen LogP contribution in [0.5, 0.6) is 0 Å². The molecule has 3 nitrogen and oxygen atoms in total. The first kappa shape index (κ1) is 14.5. The van der Waals surface area contributed by atoms with Crippen LogP contribution in [0.25, 0.3) is 0 Å².